The molecule has 0 radical (unpaired) electrons. The molecule has 17 heavy (non-hydrogen) atoms. The number of sulfone groups is 1. The van der Waals surface area contributed by atoms with Crippen LogP contribution in [0.5, 0.6) is 0 Å². The Morgan fingerprint density at radius 1 is 1.35 bits per heavy atom. The van der Waals surface area contributed by atoms with E-state index in [1.807, 2.05) is 6.92 Å². The van der Waals surface area contributed by atoms with E-state index in [0.717, 1.165) is 0 Å². The van der Waals surface area contributed by atoms with Gasteiger partial charge in [0.25, 0.3) is 0 Å². The Morgan fingerprint density at radius 3 is 2.29 bits per heavy atom. The molecule has 0 aromatic rings. The smallest absolute Gasteiger partial charge is 0.313 e. The second kappa shape index (κ2) is 6.96. The molecule has 0 aromatic carbocycles. The van der Waals surface area contributed by atoms with E-state index in [2.05, 4.69) is 0 Å². The van der Waals surface area contributed by atoms with E-state index in [0.29, 0.717) is 25.9 Å². The highest BCUT2D eigenvalue weighted by Crippen LogP contribution is 2.28. The first-order valence-electron chi connectivity index (χ1n) is 5.86. The summed E-state index contributed by atoms with van der Waals surface area (Å²) in [7, 11) is -2.99. The number of carbonyl (C=O) groups is 1. The summed E-state index contributed by atoms with van der Waals surface area (Å²) in [4.78, 5) is 11.8. The summed E-state index contributed by atoms with van der Waals surface area (Å²) >= 11 is 0. The topological polar surface area (TPSA) is 86.5 Å². The van der Waals surface area contributed by atoms with Crippen LogP contribution < -0.4 is 5.73 Å². The predicted molar refractivity (Wildman–Crippen MR) is 67.4 cm³/mol. The minimum Gasteiger partial charge on any atom is -0.466 e. The standard InChI is InChI=1S/C11H23NO4S/c1-4-11(9-12,10(13)16-5-2)7-6-8-17(3,14)15/h4-9,12H2,1-3H3. The molecule has 0 heterocycles. The predicted octanol–water partition coefficient (Wildman–Crippen LogP) is 0.729. The highest BCUT2D eigenvalue weighted by atomic mass is 32.2. The number of ether oxygens (including phenoxy) is 1. The molecule has 2 N–H and O–H groups in total. The Bertz CT molecular complexity index is 333. The Balaban J connectivity index is 4.56. The number of nitrogens with two attached hydrogens (primary N) is 1. The van der Waals surface area contributed by atoms with E-state index in [9.17, 15) is 13.2 Å². The maximum Gasteiger partial charge on any atom is 0.313 e. The van der Waals surface area contributed by atoms with E-state index in [1.54, 1.807) is 6.92 Å². The van der Waals surface area contributed by atoms with Crippen molar-refractivity contribution < 1.29 is 17.9 Å². The number of carbonyl (C=O) groups excluding carboxylic acids is 1. The average Bonchev–Trinajstić information content (AvgIpc) is 2.23. The van der Waals surface area contributed by atoms with Gasteiger partial charge in [-0.2, -0.15) is 0 Å². The monoisotopic (exact) mass is 265 g/mol. The van der Waals surface area contributed by atoms with Crippen molar-refractivity contribution in [1.29, 1.82) is 0 Å². The van der Waals surface area contributed by atoms with Gasteiger partial charge in [0.15, 0.2) is 0 Å². The molecule has 0 rings (SSSR count). The van der Waals surface area contributed by atoms with Gasteiger partial charge >= 0.3 is 5.97 Å². The van der Waals surface area contributed by atoms with Crippen molar-refractivity contribution in [2.75, 3.05) is 25.2 Å². The van der Waals surface area contributed by atoms with Crippen molar-refractivity contribution in [3.05, 3.63) is 0 Å². The van der Waals surface area contributed by atoms with Crippen LogP contribution in [-0.2, 0) is 19.4 Å². The van der Waals surface area contributed by atoms with Crippen LogP contribution in [0, 0.1) is 5.41 Å². The first kappa shape index (κ1) is 16.4. The summed E-state index contributed by atoms with van der Waals surface area (Å²) in [5.74, 6) is -0.243. The summed E-state index contributed by atoms with van der Waals surface area (Å²) in [5.41, 5.74) is 4.91. The van der Waals surface area contributed by atoms with E-state index in [4.69, 9.17) is 10.5 Å². The minimum atomic E-state index is -2.99. The van der Waals surface area contributed by atoms with Gasteiger partial charge in [0.1, 0.15) is 9.84 Å². The molecular weight excluding hydrogens is 242 g/mol. The molecule has 1 unspecified atom stereocenters. The van der Waals surface area contributed by atoms with Crippen LogP contribution in [0.1, 0.15) is 33.1 Å². The zero-order chi connectivity index (χ0) is 13.5. The van der Waals surface area contributed by atoms with Gasteiger partial charge in [-0.3, -0.25) is 4.79 Å². The summed E-state index contributed by atoms with van der Waals surface area (Å²) in [6.07, 6.45) is 2.63. The van der Waals surface area contributed by atoms with Crippen molar-refractivity contribution in [2.45, 2.75) is 33.1 Å². The maximum absolute atomic E-state index is 11.8. The van der Waals surface area contributed by atoms with Crippen LogP contribution in [0.4, 0.5) is 0 Å². The first-order chi connectivity index (χ1) is 7.81. The molecule has 0 aromatic heterocycles. The molecule has 0 bridgehead atoms. The van der Waals surface area contributed by atoms with Crippen molar-refractivity contribution in [1.82, 2.24) is 0 Å². The molecule has 6 heteroatoms. The number of hydrogen-bond acceptors (Lipinski definition) is 5. The quantitative estimate of drug-likeness (QED) is 0.654. The maximum atomic E-state index is 11.8. The fourth-order valence-corrected chi connectivity index (χ4v) is 2.38. The molecular formula is C11H23NO4S. The highest BCUT2D eigenvalue weighted by molar-refractivity contribution is 7.90. The van der Waals surface area contributed by atoms with Gasteiger partial charge in [-0.25, -0.2) is 8.42 Å². The van der Waals surface area contributed by atoms with E-state index >= 15 is 0 Å². The van der Waals surface area contributed by atoms with Gasteiger partial charge < -0.3 is 10.5 Å². The van der Waals surface area contributed by atoms with Crippen LogP contribution >= 0.6 is 0 Å². The van der Waals surface area contributed by atoms with Crippen molar-refractivity contribution in [2.24, 2.45) is 11.1 Å². The third-order valence-corrected chi connectivity index (χ3v) is 3.98. The number of hydrogen-bond donors (Lipinski definition) is 1. The molecule has 0 aliphatic heterocycles. The second-order valence-electron chi connectivity index (χ2n) is 4.29. The zero-order valence-corrected chi connectivity index (χ0v) is 11.7. The SMILES string of the molecule is CCOC(=O)C(CC)(CN)CCCS(C)(=O)=O. The molecule has 0 aliphatic carbocycles. The third kappa shape index (κ3) is 5.50. The average molecular weight is 265 g/mol. The minimum absolute atomic E-state index is 0.0775. The van der Waals surface area contributed by atoms with E-state index in [1.165, 1.54) is 6.26 Å². The fraction of sp³-hybridized carbons (Fsp3) is 0.909. The van der Waals surface area contributed by atoms with Crippen LogP contribution in [0.3, 0.4) is 0 Å². The molecule has 0 saturated carbocycles. The zero-order valence-electron chi connectivity index (χ0n) is 10.9. The Morgan fingerprint density at radius 2 is 1.94 bits per heavy atom. The third-order valence-electron chi connectivity index (χ3n) is 2.95. The Labute approximate surface area is 104 Å². The summed E-state index contributed by atoms with van der Waals surface area (Å²) in [6.45, 7) is 4.11. The lowest BCUT2D eigenvalue weighted by molar-refractivity contribution is -0.155. The van der Waals surface area contributed by atoms with Gasteiger partial charge in [-0.15, -0.1) is 0 Å². The lowest BCUT2D eigenvalue weighted by atomic mass is 9.81. The molecule has 0 amide bonds. The van der Waals surface area contributed by atoms with Crippen molar-refractivity contribution in [3.8, 4) is 0 Å². The van der Waals surface area contributed by atoms with Gasteiger partial charge in [-0.05, 0) is 26.2 Å². The molecule has 0 aliphatic rings. The summed E-state index contributed by atoms with van der Waals surface area (Å²) in [5, 5.41) is 0. The first-order valence-corrected chi connectivity index (χ1v) is 7.92. The Kier molecular flexibility index (Phi) is 6.70. The van der Waals surface area contributed by atoms with Gasteiger partial charge in [0, 0.05) is 18.6 Å². The molecule has 0 spiro atoms. The Hall–Kier alpha value is -0.620. The van der Waals surface area contributed by atoms with Crippen molar-refractivity contribution in [3.63, 3.8) is 0 Å². The number of esters is 1. The number of rotatable bonds is 8. The normalized spacial score (nSPS) is 15.3. The second-order valence-corrected chi connectivity index (χ2v) is 6.55. The van der Waals surface area contributed by atoms with Crippen LogP contribution in [0.2, 0.25) is 0 Å². The highest BCUT2D eigenvalue weighted by Gasteiger charge is 2.36. The summed E-state index contributed by atoms with van der Waals surface area (Å²) < 4.78 is 27.1. The molecule has 0 fully saturated rings. The van der Waals surface area contributed by atoms with Gasteiger partial charge in [-0.1, -0.05) is 6.92 Å². The largest absolute Gasteiger partial charge is 0.466 e. The van der Waals surface area contributed by atoms with Crippen molar-refractivity contribution >= 4 is 15.8 Å². The lowest BCUT2D eigenvalue weighted by Crippen LogP contribution is -2.40. The van der Waals surface area contributed by atoms with Crippen LogP contribution in [0.25, 0.3) is 0 Å². The molecule has 0 saturated heterocycles. The fourth-order valence-electron chi connectivity index (χ4n) is 1.71. The molecule has 102 valence electrons. The van der Waals surface area contributed by atoms with Gasteiger partial charge in [0.05, 0.1) is 12.0 Å². The van der Waals surface area contributed by atoms with Crippen LogP contribution in [0.15, 0.2) is 0 Å². The van der Waals surface area contributed by atoms with E-state index < -0.39 is 15.3 Å². The summed E-state index contributed by atoms with van der Waals surface area (Å²) in [6, 6.07) is 0. The lowest BCUT2D eigenvalue weighted by Gasteiger charge is -2.28. The van der Waals surface area contributed by atoms with Gasteiger partial charge in [0.2, 0.25) is 0 Å². The molecule has 5 nitrogen and oxygen atoms in total. The van der Waals surface area contributed by atoms with Crippen LogP contribution in [-0.4, -0.2) is 39.5 Å². The van der Waals surface area contributed by atoms with E-state index in [-0.39, 0.29) is 18.3 Å². The molecule has 1 atom stereocenters.